The van der Waals surface area contributed by atoms with E-state index in [1.165, 1.54) is 6.42 Å². The van der Waals surface area contributed by atoms with Crippen LogP contribution in [0.5, 0.6) is 0 Å². The number of carbonyl (C=O) groups excluding carboxylic acids is 1. The zero-order valence-corrected chi connectivity index (χ0v) is 12.6. The fourth-order valence-corrected chi connectivity index (χ4v) is 2.59. The number of hydrogen-bond donors (Lipinski definition) is 1. The highest BCUT2D eigenvalue weighted by molar-refractivity contribution is 6.06. The molecule has 1 unspecified atom stereocenters. The number of anilines is 1. The first-order valence-electron chi connectivity index (χ1n) is 7.32. The SMILES string of the molecule is Cc1cccc(NC(=O)/C(C#N)=C\N2CCCC(C)C2)c1. The molecule has 1 aromatic rings. The second-order valence-electron chi connectivity index (χ2n) is 5.72. The van der Waals surface area contributed by atoms with Crippen molar-refractivity contribution >= 4 is 11.6 Å². The number of nitriles is 1. The van der Waals surface area contributed by atoms with Gasteiger partial charge in [0.05, 0.1) is 0 Å². The Labute approximate surface area is 126 Å². The fraction of sp³-hybridized carbons (Fsp3) is 0.412. The van der Waals surface area contributed by atoms with Crippen LogP contribution in [0.2, 0.25) is 0 Å². The number of hydrogen-bond acceptors (Lipinski definition) is 3. The molecular weight excluding hydrogens is 262 g/mol. The molecule has 1 fully saturated rings. The maximum atomic E-state index is 12.2. The molecule has 1 aliphatic heterocycles. The number of piperidine rings is 1. The number of amides is 1. The maximum Gasteiger partial charge on any atom is 0.267 e. The lowest BCUT2D eigenvalue weighted by Gasteiger charge is -2.29. The van der Waals surface area contributed by atoms with Gasteiger partial charge in [0.1, 0.15) is 11.6 Å². The average Bonchev–Trinajstić information content (AvgIpc) is 2.44. The van der Waals surface area contributed by atoms with E-state index in [1.54, 1.807) is 6.20 Å². The van der Waals surface area contributed by atoms with Gasteiger partial charge in [-0.1, -0.05) is 19.1 Å². The van der Waals surface area contributed by atoms with Crippen molar-refractivity contribution in [2.24, 2.45) is 5.92 Å². The summed E-state index contributed by atoms with van der Waals surface area (Å²) in [6, 6.07) is 9.56. The summed E-state index contributed by atoms with van der Waals surface area (Å²) in [5.41, 5.74) is 1.94. The lowest BCUT2D eigenvalue weighted by atomic mass is 10.0. The van der Waals surface area contributed by atoms with Gasteiger partial charge in [0.15, 0.2) is 0 Å². The molecule has 1 atom stereocenters. The van der Waals surface area contributed by atoms with Crippen LogP contribution in [0.15, 0.2) is 36.0 Å². The molecule has 1 heterocycles. The Morgan fingerprint density at radius 2 is 2.33 bits per heavy atom. The lowest BCUT2D eigenvalue weighted by Crippen LogP contribution is -2.31. The molecule has 0 aliphatic carbocycles. The minimum atomic E-state index is -0.346. The number of aryl methyl sites for hydroxylation is 1. The summed E-state index contributed by atoms with van der Waals surface area (Å²) in [6.07, 6.45) is 4.01. The number of rotatable bonds is 3. The monoisotopic (exact) mass is 283 g/mol. The van der Waals surface area contributed by atoms with Crippen LogP contribution in [0.4, 0.5) is 5.69 Å². The fourth-order valence-electron chi connectivity index (χ4n) is 2.59. The van der Waals surface area contributed by atoms with E-state index in [0.29, 0.717) is 11.6 Å². The number of nitrogens with zero attached hydrogens (tertiary/aromatic N) is 2. The highest BCUT2D eigenvalue weighted by atomic mass is 16.1. The normalized spacial score (nSPS) is 19.0. The first-order chi connectivity index (χ1) is 10.1. The summed E-state index contributed by atoms with van der Waals surface area (Å²) in [4.78, 5) is 14.3. The predicted molar refractivity (Wildman–Crippen MR) is 83.5 cm³/mol. The van der Waals surface area contributed by atoms with E-state index in [9.17, 15) is 10.1 Å². The minimum Gasteiger partial charge on any atom is -0.376 e. The number of nitrogens with one attached hydrogen (secondary N) is 1. The van der Waals surface area contributed by atoms with E-state index in [1.807, 2.05) is 37.3 Å². The molecule has 21 heavy (non-hydrogen) atoms. The Balaban J connectivity index is 2.06. The van der Waals surface area contributed by atoms with Crippen LogP contribution in [-0.4, -0.2) is 23.9 Å². The van der Waals surface area contributed by atoms with Crippen molar-refractivity contribution in [3.63, 3.8) is 0 Å². The van der Waals surface area contributed by atoms with E-state index in [0.717, 1.165) is 25.1 Å². The molecule has 1 saturated heterocycles. The van der Waals surface area contributed by atoms with E-state index in [-0.39, 0.29) is 11.5 Å². The van der Waals surface area contributed by atoms with Crippen molar-refractivity contribution in [3.8, 4) is 6.07 Å². The van der Waals surface area contributed by atoms with Gasteiger partial charge in [-0.15, -0.1) is 0 Å². The zero-order valence-electron chi connectivity index (χ0n) is 12.6. The van der Waals surface area contributed by atoms with Gasteiger partial charge >= 0.3 is 0 Å². The molecule has 4 nitrogen and oxygen atoms in total. The van der Waals surface area contributed by atoms with Crippen molar-refractivity contribution in [1.29, 1.82) is 5.26 Å². The quantitative estimate of drug-likeness (QED) is 0.685. The molecule has 1 N–H and O–H groups in total. The number of carbonyl (C=O) groups is 1. The predicted octanol–water partition coefficient (Wildman–Crippen LogP) is 3.07. The van der Waals surface area contributed by atoms with E-state index in [4.69, 9.17) is 0 Å². The van der Waals surface area contributed by atoms with Gasteiger partial charge in [-0.25, -0.2) is 0 Å². The first kappa shape index (κ1) is 15.1. The van der Waals surface area contributed by atoms with Gasteiger partial charge in [-0.2, -0.15) is 5.26 Å². The van der Waals surface area contributed by atoms with Crippen molar-refractivity contribution in [2.45, 2.75) is 26.7 Å². The van der Waals surface area contributed by atoms with Gasteiger partial charge < -0.3 is 10.2 Å². The Morgan fingerprint density at radius 1 is 1.52 bits per heavy atom. The highest BCUT2D eigenvalue weighted by Crippen LogP contribution is 2.17. The summed E-state index contributed by atoms with van der Waals surface area (Å²) in [6.45, 7) is 5.97. The summed E-state index contributed by atoms with van der Waals surface area (Å²) in [5.74, 6) is 0.260. The Kier molecular flexibility index (Phi) is 4.99. The molecule has 1 amide bonds. The molecule has 0 radical (unpaired) electrons. The third-order valence-electron chi connectivity index (χ3n) is 3.64. The third-order valence-corrected chi connectivity index (χ3v) is 3.64. The van der Waals surface area contributed by atoms with Crippen LogP contribution in [0.3, 0.4) is 0 Å². The van der Waals surface area contributed by atoms with Gasteiger partial charge in [0, 0.05) is 25.0 Å². The Bertz CT molecular complexity index is 586. The van der Waals surface area contributed by atoms with Crippen molar-refractivity contribution < 1.29 is 4.79 Å². The van der Waals surface area contributed by atoms with Crippen LogP contribution in [0.1, 0.15) is 25.3 Å². The molecule has 1 aliphatic rings. The van der Waals surface area contributed by atoms with Gasteiger partial charge in [-0.05, 0) is 43.4 Å². The lowest BCUT2D eigenvalue weighted by molar-refractivity contribution is -0.112. The molecule has 1 aromatic carbocycles. The van der Waals surface area contributed by atoms with E-state index < -0.39 is 0 Å². The Hall–Kier alpha value is -2.28. The molecule has 0 bridgehead atoms. The minimum absolute atomic E-state index is 0.158. The number of likely N-dealkylation sites (tertiary alicyclic amines) is 1. The van der Waals surface area contributed by atoms with E-state index in [2.05, 4.69) is 17.1 Å². The summed E-state index contributed by atoms with van der Waals surface area (Å²) in [5, 5.41) is 12.0. The highest BCUT2D eigenvalue weighted by Gasteiger charge is 2.16. The molecular formula is C17H21N3O. The largest absolute Gasteiger partial charge is 0.376 e. The topological polar surface area (TPSA) is 56.1 Å². The van der Waals surface area contributed by atoms with Crippen molar-refractivity contribution in [2.75, 3.05) is 18.4 Å². The summed E-state index contributed by atoms with van der Waals surface area (Å²) in [7, 11) is 0. The van der Waals surface area contributed by atoms with Gasteiger partial charge in [0.2, 0.25) is 0 Å². The molecule has 2 rings (SSSR count). The second kappa shape index (κ2) is 6.94. The third kappa shape index (κ3) is 4.35. The molecule has 0 saturated carbocycles. The molecule has 0 spiro atoms. The van der Waals surface area contributed by atoms with Gasteiger partial charge in [-0.3, -0.25) is 4.79 Å². The zero-order chi connectivity index (χ0) is 15.2. The molecule has 0 aromatic heterocycles. The smallest absolute Gasteiger partial charge is 0.267 e. The second-order valence-corrected chi connectivity index (χ2v) is 5.72. The summed E-state index contributed by atoms with van der Waals surface area (Å²) >= 11 is 0. The van der Waals surface area contributed by atoms with Gasteiger partial charge in [0.25, 0.3) is 5.91 Å². The Morgan fingerprint density at radius 3 is 3.00 bits per heavy atom. The maximum absolute atomic E-state index is 12.2. The first-order valence-corrected chi connectivity index (χ1v) is 7.32. The van der Waals surface area contributed by atoms with E-state index >= 15 is 0 Å². The standard InChI is InChI=1S/C17H21N3O/c1-13-5-3-7-16(9-13)19-17(21)15(10-18)12-20-8-4-6-14(2)11-20/h3,5,7,9,12,14H,4,6,8,11H2,1-2H3,(H,19,21)/b15-12-. The average molecular weight is 283 g/mol. The van der Waals surface area contributed by atoms with Crippen LogP contribution >= 0.6 is 0 Å². The number of benzene rings is 1. The molecule has 110 valence electrons. The van der Waals surface area contributed by atoms with Crippen LogP contribution < -0.4 is 5.32 Å². The van der Waals surface area contributed by atoms with Crippen molar-refractivity contribution in [1.82, 2.24) is 4.90 Å². The van der Waals surface area contributed by atoms with Crippen LogP contribution in [0, 0.1) is 24.2 Å². The van der Waals surface area contributed by atoms with Crippen LogP contribution in [0.25, 0.3) is 0 Å². The van der Waals surface area contributed by atoms with Crippen LogP contribution in [-0.2, 0) is 4.79 Å². The van der Waals surface area contributed by atoms with Crippen molar-refractivity contribution in [3.05, 3.63) is 41.6 Å². The molecule has 4 heteroatoms. The summed E-state index contributed by atoms with van der Waals surface area (Å²) < 4.78 is 0.